The number of anilines is 1. The van der Waals surface area contributed by atoms with E-state index in [1.807, 2.05) is 0 Å². The minimum Gasteiger partial charge on any atom is -0.378 e. The summed E-state index contributed by atoms with van der Waals surface area (Å²) in [6.45, 7) is 2.40. The van der Waals surface area contributed by atoms with Crippen LogP contribution in [0.2, 0.25) is 15.1 Å². The van der Waals surface area contributed by atoms with Crippen molar-refractivity contribution in [3.63, 3.8) is 0 Å². The summed E-state index contributed by atoms with van der Waals surface area (Å²) in [4.78, 5) is 2.58. The number of benzene rings is 1. The summed E-state index contributed by atoms with van der Waals surface area (Å²) in [5.74, 6) is 0. The molecule has 0 aliphatic carbocycles. The third-order valence-electron chi connectivity index (χ3n) is 4.19. The zero-order valence-corrected chi connectivity index (χ0v) is 12.9. The van der Waals surface area contributed by atoms with Crippen molar-refractivity contribution in [3.8, 4) is 0 Å². The Hall–Kier alpha value is -0.150. The van der Waals surface area contributed by atoms with Crippen molar-refractivity contribution in [2.75, 3.05) is 18.4 Å². The molecule has 1 aromatic carbocycles. The predicted octanol–water partition coefficient (Wildman–Crippen LogP) is 4.69. The van der Waals surface area contributed by atoms with Crippen LogP contribution in [0.3, 0.4) is 0 Å². The summed E-state index contributed by atoms with van der Waals surface area (Å²) in [7, 11) is 0. The van der Waals surface area contributed by atoms with E-state index in [2.05, 4.69) is 10.2 Å². The van der Waals surface area contributed by atoms with Gasteiger partial charge in [0.25, 0.3) is 0 Å². The Labute approximate surface area is 129 Å². The molecule has 3 rings (SSSR count). The first-order valence-electron chi connectivity index (χ1n) is 6.80. The molecule has 19 heavy (non-hydrogen) atoms. The molecular weight excluding hydrogens is 303 g/mol. The molecule has 2 unspecified atom stereocenters. The molecule has 0 bridgehead atoms. The number of nitrogens with one attached hydrogen (secondary N) is 1. The quantitative estimate of drug-likeness (QED) is 0.851. The molecule has 0 spiro atoms. The van der Waals surface area contributed by atoms with Gasteiger partial charge >= 0.3 is 0 Å². The predicted molar refractivity (Wildman–Crippen MR) is 82.7 cm³/mol. The number of hydrogen-bond donors (Lipinski definition) is 1. The van der Waals surface area contributed by atoms with Crippen LogP contribution in [0.1, 0.15) is 25.7 Å². The molecule has 104 valence electrons. The summed E-state index contributed by atoms with van der Waals surface area (Å²) in [6.07, 6.45) is 5.06. The van der Waals surface area contributed by atoms with E-state index in [1.54, 1.807) is 12.1 Å². The molecule has 2 heterocycles. The lowest BCUT2D eigenvalue weighted by Crippen LogP contribution is -2.41. The van der Waals surface area contributed by atoms with E-state index >= 15 is 0 Å². The Kier molecular flexibility index (Phi) is 4.14. The van der Waals surface area contributed by atoms with Gasteiger partial charge in [0, 0.05) is 23.7 Å². The van der Waals surface area contributed by atoms with Crippen molar-refractivity contribution in [2.24, 2.45) is 0 Å². The summed E-state index contributed by atoms with van der Waals surface area (Å²) in [5, 5.41) is 5.32. The molecule has 2 aliphatic rings. The standard InChI is InChI=1S/C14H17Cl3N2/c15-9-7-10(16)14(11(17)8-9)18-12-4-6-19-5-2-1-3-13(12)19/h7-8,12-13,18H,1-6H2. The molecule has 2 aliphatic heterocycles. The monoisotopic (exact) mass is 318 g/mol. The molecule has 2 atom stereocenters. The van der Waals surface area contributed by atoms with Crippen LogP contribution < -0.4 is 5.32 Å². The first-order chi connectivity index (χ1) is 9.15. The van der Waals surface area contributed by atoms with Gasteiger partial charge in [0.15, 0.2) is 0 Å². The van der Waals surface area contributed by atoms with Crippen molar-refractivity contribution in [3.05, 3.63) is 27.2 Å². The van der Waals surface area contributed by atoms with Crippen molar-refractivity contribution in [2.45, 2.75) is 37.8 Å². The van der Waals surface area contributed by atoms with Crippen LogP contribution in [-0.4, -0.2) is 30.1 Å². The highest BCUT2D eigenvalue weighted by molar-refractivity contribution is 6.41. The molecule has 0 amide bonds. The Morgan fingerprint density at radius 1 is 1.00 bits per heavy atom. The highest BCUT2D eigenvalue weighted by atomic mass is 35.5. The Bertz CT molecular complexity index is 455. The van der Waals surface area contributed by atoms with E-state index in [0.29, 0.717) is 27.2 Å². The summed E-state index contributed by atoms with van der Waals surface area (Å²) in [6, 6.07) is 4.54. The second-order valence-electron chi connectivity index (χ2n) is 5.38. The van der Waals surface area contributed by atoms with Gasteiger partial charge in [-0.3, -0.25) is 4.90 Å². The summed E-state index contributed by atoms with van der Waals surface area (Å²) < 4.78 is 0. The maximum atomic E-state index is 6.24. The lowest BCUT2D eigenvalue weighted by Gasteiger charge is -2.33. The van der Waals surface area contributed by atoms with Crippen molar-refractivity contribution in [1.29, 1.82) is 0 Å². The van der Waals surface area contributed by atoms with Gasteiger partial charge in [-0.1, -0.05) is 41.2 Å². The number of nitrogens with zero attached hydrogens (tertiary/aromatic N) is 1. The van der Waals surface area contributed by atoms with Gasteiger partial charge in [0.2, 0.25) is 0 Å². The van der Waals surface area contributed by atoms with Gasteiger partial charge in [-0.15, -0.1) is 0 Å². The molecule has 0 saturated carbocycles. The minimum atomic E-state index is 0.441. The number of fused-ring (bicyclic) bond motifs is 1. The minimum absolute atomic E-state index is 0.441. The van der Waals surface area contributed by atoms with E-state index in [9.17, 15) is 0 Å². The van der Waals surface area contributed by atoms with Crippen molar-refractivity contribution >= 4 is 40.5 Å². The SMILES string of the molecule is Clc1cc(Cl)c(NC2CCN3CCCCC23)c(Cl)c1. The van der Waals surface area contributed by atoms with E-state index in [0.717, 1.165) is 12.1 Å². The fourth-order valence-electron chi connectivity index (χ4n) is 3.28. The second kappa shape index (κ2) is 5.69. The molecule has 1 N–H and O–H groups in total. The topological polar surface area (TPSA) is 15.3 Å². The maximum Gasteiger partial charge on any atom is 0.0722 e. The van der Waals surface area contributed by atoms with E-state index < -0.39 is 0 Å². The summed E-state index contributed by atoms with van der Waals surface area (Å²) in [5.41, 5.74) is 0.824. The zero-order valence-electron chi connectivity index (χ0n) is 10.6. The highest BCUT2D eigenvalue weighted by Crippen LogP contribution is 2.37. The average molecular weight is 320 g/mol. The lowest BCUT2D eigenvalue weighted by molar-refractivity contribution is 0.193. The average Bonchev–Trinajstić information content (AvgIpc) is 2.77. The van der Waals surface area contributed by atoms with Crippen LogP contribution in [0.4, 0.5) is 5.69 Å². The third kappa shape index (κ3) is 2.82. The van der Waals surface area contributed by atoms with Crippen LogP contribution >= 0.6 is 34.8 Å². The number of halogens is 3. The smallest absolute Gasteiger partial charge is 0.0722 e. The third-order valence-corrected chi connectivity index (χ3v) is 5.01. The van der Waals surface area contributed by atoms with Gasteiger partial charge in [0.05, 0.1) is 15.7 Å². The van der Waals surface area contributed by atoms with Gasteiger partial charge in [-0.2, -0.15) is 0 Å². The molecule has 2 saturated heterocycles. The van der Waals surface area contributed by atoms with Crippen LogP contribution in [-0.2, 0) is 0 Å². The Morgan fingerprint density at radius 3 is 2.47 bits per heavy atom. The largest absolute Gasteiger partial charge is 0.378 e. The fourth-order valence-corrected chi connectivity index (χ4v) is 4.21. The Morgan fingerprint density at radius 2 is 1.74 bits per heavy atom. The van der Waals surface area contributed by atoms with Crippen LogP contribution in [0.15, 0.2) is 12.1 Å². The number of piperidine rings is 1. The maximum absolute atomic E-state index is 6.24. The molecule has 1 aromatic rings. The first kappa shape index (κ1) is 13.8. The zero-order chi connectivity index (χ0) is 13.4. The van der Waals surface area contributed by atoms with Gasteiger partial charge in [0.1, 0.15) is 0 Å². The van der Waals surface area contributed by atoms with E-state index in [1.165, 1.54) is 32.4 Å². The van der Waals surface area contributed by atoms with Gasteiger partial charge in [-0.25, -0.2) is 0 Å². The van der Waals surface area contributed by atoms with E-state index in [4.69, 9.17) is 34.8 Å². The van der Waals surface area contributed by atoms with Crippen molar-refractivity contribution in [1.82, 2.24) is 4.90 Å². The first-order valence-corrected chi connectivity index (χ1v) is 7.93. The molecule has 5 heteroatoms. The molecule has 0 radical (unpaired) electrons. The second-order valence-corrected chi connectivity index (χ2v) is 6.63. The fraction of sp³-hybridized carbons (Fsp3) is 0.571. The van der Waals surface area contributed by atoms with Crippen molar-refractivity contribution < 1.29 is 0 Å². The lowest BCUT2D eigenvalue weighted by atomic mass is 9.99. The number of hydrogen-bond acceptors (Lipinski definition) is 2. The molecular formula is C14H17Cl3N2. The Balaban J connectivity index is 1.78. The van der Waals surface area contributed by atoms with Crippen LogP contribution in [0, 0.1) is 0 Å². The molecule has 2 nitrogen and oxygen atoms in total. The normalized spacial score (nSPS) is 27.3. The van der Waals surface area contributed by atoms with E-state index in [-0.39, 0.29) is 0 Å². The number of rotatable bonds is 2. The van der Waals surface area contributed by atoms with Crippen LogP contribution in [0.5, 0.6) is 0 Å². The van der Waals surface area contributed by atoms with Gasteiger partial charge in [-0.05, 0) is 37.9 Å². The highest BCUT2D eigenvalue weighted by Gasteiger charge is 2.35. The van der Waals surface area contributed by atoms with Gasteiger partial charge < -0.3 is 5.32 Å². The summed E-state index contributed by atoms with van der Waals surface area (Å²) >= 11 is 18.4. The molecule has 2 fully saturated rings. The molecule has 0 aromatic heterocycles. The van der Waals surface area contributed by atoms with Crippen LogP contribution in [0.25, 0.3) is 0 Å².